The number of aromatic nitrogens is 3. The monoisotopic (exact) mass is 316 g/mol. The lowest BCUT2D eigenvalue weighted by molar-refractivity contribution is -0.0561. The Morgan fingerprint density at radius 1 is 1.35 bits per heavy atom. The van der Waals surface area contributed by atoms with Crippen LogP contribution in [0.15, 0.2) is 24.3 Å². The van der Waals surface area contributed by atoms with Crippen molar-refractivity contribution in [3.8, 4) is 0 Å². The van der Waals surface area contributed by atoms with Gasteiger partial charge >= 0.3 is 0 Å². The van der Waals surface area contributed by atoms with Gasteiger partial charge in [-0.25, -0.2) is 4.68 Å². The van der Waals surface area contributed by atoms with Crippen molar-refractivity contribution in [2.24, 2.45) is 7.05 Å². The normalized spacial score (nSPS) is 17.9. The van der Waals surface area contributed by atoms with E-state index in [1.54, 1.807) is 4.68 Å². The van der Waals surface area contributed by atoms with E-state index in [2.05, 4.69) is 51.6 Å². The summed E-state index contributed by atoms with van der Waals surface area (Å²) >= 11 is 0. The van der Waals surface area contributed by atoms with Crippen LogP contribution in [-0.4, -0.2) is 46.4 Å². The summed E-state index contributed by atoms with van der Waals surface area (Å²) in [5, 5.41) is 7.22. The number of hydrogen-bond donors (Lipinski definition) is 2. The average Bonchev–Trinajstić information content (AvgIpc) is 2.86. The van der Waals surface area contributed by atoms with Crippen LogP contribution >= 0.6 is 0 Å². The van der Waals surface area contributed by atoms with E-state index in [-0.39, 0.29) is 12.2 Å². The molecule has 0 saturated carbocycles. The van der Waals surface area contributed by atoms with E-state index in [1.165, 1.54) is 11.1 Å². The van der Waals surface area contributed by atoms with Crippen molar-refractivity contribution in [2.45, 2.75) is 19.1 Å². The number of anilines is 2. The second kappa shape index (κ2) is 6.97. The first-order valence-electron chi connectivity index (χ1n) is 7.95. The van der Waals surface area contributed by atoms with Gasteiger partial charge in [-0.05, 0) is 31.0 Å². The van der Waals surface area contributed by atoms with Gasteiger partial charge in [0, 0.05) is 20.1 Å². The summed E-state index contributed by atoms with van der Waals surface area (Å²) in [4.78, 5) is 6.37. The number of ether oxygens (including phenoxy) is 1. The molecular formula is C16H24N6O. The summed E-state index contributed by atoms with van der Waals surface area (Å²) in [7, 11) is 3.93. The molecule has 23 heavy (non-hydrogen) atoms. The van der Waals surface area contributed by atoms with Gasteiger partial charge in [0.1, 0.15) is 6.23 Å². The average molecular weight is 316 g/mol. The van der Waals surface area contributed by atoms with Crippen molar-refractivity contribution in [3.63, 3.8) is 0 Å². The van der Waals surface area contributed by atoms with Crippen LogP contribution in [0.4, 0.5) is 11.9 Å². The maximum Gasteiger partial charge on any atom is 0.241 e. The minimum Gasteiger partial charge on any atom is -0.366 e. The lowest BCUT2D eigenvalue weighted by Gasteiger charge is -2.34. The van der Waals surface area contributed by atoms with E-state index in [1.807, 2.05) is 7.05 Å². The molecule has 2 aromatic rings. The summed E-state index contributed by atoms with van der Waals surface area (Å²) in [6.45, 7) is 2.48. The Morgan fingerprint density at radius 3 is 2.96 bits per heavy atom. The molecule has 0 fully saturated rings. The zero-order chi connectivity index (χ0) is 16.2. The number of aryl methyl sites for hydroxylation is 1. The minimum atomic E-state index is 0.0467. The van der Waals surface area contributed by atoms with E-state index < -0.39 is 0 Å². The van der Waals surface area contributed by atoms with Crippen LogP contribution in [-0.2, 0) is 18.2 Å². The Bertz CT molecular complexity index is 656. The molecule has 124 valence electrons. The van der Waals surface area contributed by atoms with Crippen LogP contribution in [0.3, 0.4) is 0 Å². The molecule has 3 rings (SSSR count). The molecule has 1 aliphatic rings. The van der Waals surface area contributed by atoms with E-state index in [9.17, 15) is 0 Å². The Morgan fingerprint density at radius 2 is 2.17 bits per heavy atom. The Kier molecular flexibility index (Phi) is 4.78. The van der Waals surface area contributed by atoms with Crippen molar-refractivity contribution < 1.29 is 4.74 Å². The van der Waals surface area contributed by atoms with E-state index in [0.717, 1.165) is 25.9 Å². The topological polar surface area (TPSA) is 81.2 Å². The SMILES string of the molecule is CN1CCc2ccccc2C1OCCCNc1nc(N)nn1C. The van der Waals surface area contributed by atoms with E-state index in [0.29, 0.717) is 12.6 Å². The van der Waals surface area contributed by atoms with Gasteiger partial charge in [0.15, 0.2) is 0 Å². The zero-order valence-corrected chi connectivity index (χ0v) is 13.7. The van der Waals surface area contributed by atoms with Crippen LogP contribution in [0.1, 0.15) is 23.8 Å². The lowest BCUT2D eigenvalue weighted by Crippen LogP contribution is -2.34. The van der Waals surface area contributed by atoms with Gasteiger partial charge in [0.2, 0.25) is 11.9 Å². The second-order valence-corrected chi connectivity index (χ2v) is 5.85. The summed E-state index contributed by atoms with van der Waals surface area (Å²) in [6.07, 6.45) is 2.02. The predicted molar refractivity (Wildman–Crippen MR) is 90.0 cm³/mol. The third kappa shape index (κ3) is 3.62. The number of nitrogen functional groups attached to an aromatic ring is 1. The van der Waals surface area contributed by atoms with Gasteiger partial charge < -0.3 is 15.8 Å². The molecule has 1 unspecified atom stereocenters. The van der Waals surface area contributed by atoms with Crippen LogP contribution in [0, 0.1) is 0 Å². The minimum absolute atomic E-state index is 0.0467. The fourth-order valence-corrected chi connectivity index (χ4v) is 2.90. The molecule has 0 bridgehead atoms. The third-order valence-corrected chi connectivity index (χ3v) is 4.11. The molecule has 0 amide bonds. The van der Waals surface area contributed by atoms with Crippen molar-refractivity contribution in [3.05, 3.63) is 35.4 Å². The largest absolute Gasteiger partial charge is 0.366 e. The van der Waals surface area contributed by atoms with Crippen LogP contribution in [0.2, 0.25) is 0 Å². The highest BCUT2D eigenvalue weighted by Crippen LogP contribution is 2.29. The van der Waals surface area contributed by atoms with Gasteiger partial charge in [0.05, 0.1) is 6.61 Å². The highest BCUT2D eigenvalue weighted by atomic mass is 16.5. The van der Waals surface area contributed by atoms with Crippen molar-refractivity contribution >= 4 is 11.9 Å². The number of nitrogens with one attached hydrogen (secondary N) is 1. The van der Waals surface area contributed by atoms with Gasteiger partial charge in [0.25, 0.3) is 0 Å². The molecule has 3 N–H and O–H groups in total. The van der Waals surface area contributed by atoms with Crippen molar-refractivity contribution in [2.75, 3.05) is 37.8 Å². The lowest BCUT2D eigenvalue weighted by atomic mass is 9.99. The Hall–Kier alpha value is -2.12. The van der Waals surface area contributed by atoms with Crippen LogP contribution in [0.5, 0.6) is 0 Å². The third-order valence-electron chi connectivity index (χ3n) is 4.11. The summed E-state index contributed by atoms with van der Waals surface area (Å²) in [5.41, 5.74) is 8.23. The number of nitrogens with zero attached hydrogens (tertiary/aromatic N) is 4. The molecule has 0 spiro atoms. The summed E-state index contributed by atoms with van der Waals surface area (Å²) in [6, 6.07) is 8.53. The first-order chi connectivity index (χ1) is 11.1. The number of rotatable bonds is 6. The zero-order valence-electron chi connectivity index (χ0n) is 13.7. The highest BCUT2D eigenvalue weighted by Gasteiger charge is 2.24. The fourth-order valence-electron chi connectivity index (χ4n) is 2.90. The maximum atomic E-state index is 6.11. The first kappa shape index (κ1) is 15.8. The standard InChI is InChI=1S/C16H24N6O/c1-21-10-8-12-6-3-4-7-13(12)14(21)23-11-5-9-18-16-19-15(17)20-22(16)2/h3-4,6-7,14H,5,8-11H2,1-2H3,(H3,17,18,19,20). The highest BCUT2D eigenvalue weighted by molar-refractivity contribution is 5.32. The molecule has 0 radical (unpaired) electrons. The fraction of sp³-hybridized carbons (Fsp3) is 0.500. The van der Waals surface area contributed by atoms with Crippen molar-refractivity contribution in [1.29, 1.82) is 0 Å². The molecule has 0 saturated heterocycles. The molecule has 2 heterocycles. The quantitative estimate of drug-likeness (QED) is 0.784. The molecule has 1 aliphatic heterocycles. The molecule has 1 atom stereocenters. The van der Waals surface area contributed by atoms with Crippen molar-refractivity contribution in [1.82, 2.24) is 19.7 Å². The summed E-state index contributed by atoms with van der Waals surface area (Å²) < 4.78 is 7.75. The van der Waals surface area contributed by atoms with Gasteiger partial charge in [-0.15, -0.1) is 5.10 Å². The molecule has 7 heteroatoms. The second-order valence-electron chi connectivity index (χ2n) is 5.85. The van der Waals surface area contributed by atoms with Gasteiger partial charge in [-0.3, -0.25) is 4.90 Å². The van der Waals surface area contributed by atoms with Crippen LogP contribution < -0.4 is 11.1 Å². The smallest absolute Gasteiger partial charge is 0.241 e. The molecule has 1 aromatic carbocycles. The van der Waals surface area contributed by atoms with Gasteiger partial charge in [-0.1, -0.05) is 24.3 Å². The maximum absolute atomic E-state index is 6.11. The van der Waals surface area contributed by atoms with E-state index >= 15 is 0 Å². The Labute approximate surface area is 136 Å². The first-order valence-corrected chi connectivity index (χ1v) is 7.95. The molecule has 1 aromatic heterocycles. The number of likely N-dealkylation sites (N-methyl/N-ethyl adjacent to an activating group) is 1. The van der Waals surface area contributed by atoms with Gasteiger partial charge in [-0.2, -0.15) is 4.98 Å². The number of fused-ring (bicyclic) bond motifs is 1. The number of nitrogens with two attached hydrogens (primary N) is 1. The molecular weight excluding hydrogens is 292 g/mol. The number of hydrogen-bond acceptors (Lipinski definition) is 6. The number of benzene rings is 1. The Balaban J connectivity index is 1.48. The van der Waals surface area contributed by atoms with Crippen LogP contribution in [0.25, 0.3) is 0 Å². The predicted octanol–water partition coefficient (Wildman–Crippen LogP) is 1.40. The summed E-state index contributed by atoms with van der Waals surface area (Å²) in [5.74, 6) is 0.967. The molecule has 0 aliphatic carbocycles. The molecule has 7 nitrogen and oxygen atoms in total. The van der Waals surface area contributed by atoms with E-state index in [4.69, 9.17) is 10.5 Å².